The SMILES string of the molecule is COc1ccc(F)cc1-c1cc(N2CCN(C(=O)Nc3ccccc3Br)CC2)ncn1. The number of carbonyl (C=O) groups is 1. The van der Waals surface area contributed by atoms with Gasteiger partial charge in [-0.3, -0.25) is 0 Å². The molecule has 0 saturated carbocycles. The number of amides is 2. The first-order chi connectivity index (χ1) is 15.0. The molecule has 0 radical (unpaired) electrons. The fourth-order valence-electron chi connectivity index (χ4n) is 3.44. The normalized spacial score (nSPS) is 13.8. The largest absolute Gasteiger partial charge is 0.496 e. The van der Waals surface area contributed by atoms with Crippen molar-refractivity contribution in [3.05, 3.63) is 65.1 Å². The molecule has 1 saturated heterocycles. The van der Waals surface area contributed by atoms with Gasteiger partial charge < -0.3 is 19.9 Å². The number of benzene rings is 2. The molecule has 1 N–H and O–H groups in total. The molecule has 7 nitrogen and oxygen atoms in total. The first kappa shape index (κ1) is 21.0. The first-order valence-corrected chi connectivity index (χ1v) is 10.6. The van der Waals surface area contributed by atoms with Crippen LogP contribution in [0.25, 0.3) is 11.3 Å². The number of urea groups is 1. The van der Waals surface area contributed by atoms with Crippen molar-refractivity contribution < 1.29 is 13.9 Å². The van der Waals surface area contributed by atoms with Crippen LogP contribution < -0.4 is 15.0 Å². The number of nitrogens with zero attached hydrogens (tertiary/aromatic N) is 4. The van der Waals surface area contributed by atoms with Gasteiger partial charge in [-0.2, -0.15) is 0 Å². The molecule has 1 fully saturated rings. The summed E-state index contributed by atoms with van der Waals surface area (Å²) in [4.78, 5) is 25.1. The van der Waals surface area contributed by atoms with Crippen molar-refractivity contribution >= 4 is 33.5 Å². The number of anilines is 2. The van der Waals surface area contributed by atoms with Gasteiger partial charge in [-0.1, -0.05) is 12.1 Å². The molecule has 2 aromatic carbocycles. The molecular weight excluding hydrogens is 465 g/mol. The Hall–Kier alpha value is -3.20. The highest BCUT2D eigenvalue weighted by molar-refractivity contribution is 9.10. The molecule has 4 rings (SSSR count). The van der Waals surface area contributed by atoms with Crippen molar-refractivity contribution in [3.8, 4) is 17.0 Å². The number of carbonyl (C=O) groups excluding carboxylic acids is 1. The van der Waals surface area contributed by atoms with E-state index in [4.69, 9.17) is 4.74 Å². The average Bonchev–Trinajstić information content (AvgIpc) is 2.80. The Balaban J connectivity index is 1.44. The van der Waals surface area contributed by atoms with E-state index in [1.807, 2.05) is 30.3 Å². The Morgan fingerprint density at radius 2 is 1.87 bits per heavy atom. The van der Waals surface area contributed by atoms with E-state index in [0.29, 0.717) is 43.2 Å². The third-order valence-corrected chi connectivity index (χ3v) is 5.79. The Morgan fingerprint density at radius 3 is 2.61 bits per heavy atom. The van der Waals surface area contributed by atoms with Crippen LogP contribution in [0.1, 0.15) is 0 Å². The van der Waals surface area contributed by atoms with E-state index in [9.17, 15) is 9.18 Å². The van der Waals surface area contributed by atoms with E-state index in [-0.39, 0.29) is 11.8 Å². The predicted octanol–water partition coefficient (Wildman–Crippen LogP) is 4.41. The van der Waals surface area contributed by atoms with Crippen LogP contribution in [0.3, 0.4) is 0 Å². The van der Waals surface area contributed by atoms with Crippen LogP contribution in [0.2, 0.25) is 0 Å². The molecule has 1 aliphatic heterocycles. The molecule has 2 heterocycles. The maximum atomic E-state index is 13.8. The lowest BCUT2D eigenvalue weighted by Crippen LogP contribution is -2.50. The number of piperazine rings is 1. The summed E-state index contributed by atoms with van der Waals surface area (Å²) in [6.45, 7) is 2.36. The second kappa shape index (κ2) is 9.30. The summed E-state index contributed by atoms with van der Waals surface area (Å²) in [6.07, 6.45) is 1.46. The number of hydrogen-bond acceptors (Lipinski definition) is 5. The molecule has 1 aliphatic rings. The number of halogens is 2. The summed E-state index contributed by atoms with van der Waals surface area (Å²) in [5.41, 5.74) is 1.88. The highest BCUT2D eigenvalue weighted by atomic mass is 79.9. The van der Waals surface area contributed by atoms with Gasteiger partial charge in [0.15, 0.2) is 0 Å². The molecule has 1 aromatic heterocycles. The van der Waals surface area contributed by atoms with E-state index >= 15 is 0 Å². The zero-order valence-corrected chi connectivity index (χ0v) is 18.5. The van der Waals surface area contributed by atoms with Crippen LogP contribution in [0.4, 0.5) is 20.7 Å². The van der Waals surface area contributed by atoms with Crippen LogP contribution in [0, 0.1) is 5.82 Å². The zero-order chi connectivity index (χ0) is 21.8. The van der Waals surface area contributed by atoms with Gasteiger partial charge in [-0.25, -0.2) is 19.2 Å². The lowest BCUT2D eigenvalue weighted by Gasteiger charge is -2.35. The van der Waals surface area contributed by atoms with Crippen LogP contribution in [0.15, 0.2) is 59.3 Å². The van der Waals surface area contributed by atoms with Crippen molar-refractivity contribution in [1.82, 2.24) is 14.9 Å². The fraction of sp³-hybridized carbons (Fsp3) is 0.227. The Bertz CT molecular complexity index is 1090. The maximum Gasteiger partial charge on any atom is 0.321 e. The van der Waals surface area contributed by atoms with E-state index in [1.165, 1.54) is 25.6 Å². The summed E-state index contributed by atoms with van der Waals surface area (Å²) >= 11 is 3.44. The molecule has 0 atom stereocenters. The van der Waals surface area contributed by atoms with Crippen molar-refractivity contribution in [2.45, 2.75) is 0 Å². The summed E-state index contributed by atoms with van der Waals surface area (Å²) in [6, 6.07) is 13.5. The van der Waals surface area contributed by atoms with Crippen LogP contribution in [-0.2, 0) is 0 Å². The smallest absolute Gasteiger partial charge is 0.321 e. The number of hydrogen-bond donors (Lipinski definition) is 1. The number of para-hydroxylation sites is 1. The van der Waals surface area contributed by atoms with E-state index in [2.05, 4.69) is 36.1 Å². The van der Waals surface area contributed by atoms with Gasteiger partial charge in [-0.15, -0.1) is 0 Å². The molecular formula is C22H21BrFN5O2. The lowest BCUT2D eigenvalue weighted by molar-refractivity contribution is 0.208. The van der Waals surface area contributed by atoms with Crippen LogP contribution in [-0.4, -0.2) is 54.2 Å². The molecule has 3 aromatic rings. The van der Waals surface area contributed by atoms with Crippen LogP contribution in [0.5, 0.6) is 5.75 Å². The third-order valence-electron chi connectivity index (χ3n) is 5.10. The number of ether oxygens (including phenoxy) is 1. The van der Waals surface area contributed by atoms with E-state index < -0.39 is 0 Å². The molecule has 0 unspecified atom stereocenters. The van der Waals surface area contributed by atoms with Gasteiger partial charge in [0.2, 0.25) is 0 Å². The molecule has 0 aliphatic carbocycles. The number of nitrogens with one attached hydrogen (secondary N) is 1. The third kappa shape index (κ3) is 4.77. The lowest BCUT2D eigenvalue weighted by atomic mass is 10.1. The number of rotatable bonds is 4. The van der Waals surface area contributed by atoms with Gasteiger partial charge in [-0.05, 0) is 46.3 Å². The highest BCUT2D eigenvalue weighted by Crippen LogP contribution is 2.31. The van der Waals surface area contributed by atoms with Gasteiger partial charge >= 0.3 is 6.03 Å². The van der Waals surface area contributed by atoms with Gasteiger partial charge in [0.25, 0.3) is 0 Å². The van der Waals surface area contributed by atoms with Gasteiger partial charge in [0.1, 0.15) is 23.7 Å². The Kier molecular flexibility index (Phi) is 6.31. The Labute approximate surface area is 188 Å². The predicted molar refractivity (Wildman–Crippen MR) is 121 cm³/mol. The van der Waals surface area contributed by atoms with Crippen molar-refractivity contribution in [3.63, 3.8) is 0 Å². The first-order valence-electron chi connectivity index (χ1n) is 9.76. The molecule has 31 heavy (non-hydrogen) atoms. The molecule has 0 bridgehead atoms. The Morgan fingerprint density at radius 1 is 1.10 bits per heavy atom. The standard InChI is InChI=1S/C22H21BrFN5O2/c1-31-20-7-6-15(24)12-16(20)19-13-21(26-14-25-19)28-8-10-29(11-9-28)22(30)27-18-5-3-2-4-17(18)23/h2-7,12-14H,8-11H2,1H3,(H,27,30). The minimum atomic E-state index is -0.361. The highest BCUT2D eigenvalue weighted by Gasteiger charge is 2.23. The minimum Gasteiger partial charge on any atom is -0.496 e. The van der Waals surface area contributed by atoms with Crippen molar-refractivity contribution in [2.75, 3.05) is 43.5 Å². The molecule has 160 valence electrons. The summed E-state index contributed by atoms with van der Waals surface area (Å²) in [5.74, 6) is 0.905. The zero-order valence-electron chi connectivity index (χ0n) is 16.9. The number of aromatic nitrogens is 2. The summed E-state index contributed by atoms with van der Waals surface area (Å²) in [7, 11) is 1.54. The fourth-order valence-corrected chi connectivity index (χ4v) is 3.83. The summed E-state index contributed by atoms with van der Waals surface area (Å²) in [5, 5.41) is 2.93. The second-order valence-electron chi connectivity index (χ2n) is 6.99. The number of methoxy groups -OCH3 is 1. The van der Waals surface area contributed by atoms with E-state index in [1.54, 1.807) is 11.0 Å². The van der Waals surface area contributed by atoms with Crippen molar-refractivity contribution in [2.24, 2.45) is 0 Å². The molecule has 2 amide bonds. The topological polar surface area (TPSA) is 70.6 Å². The second-order valence-corrected chi connectivity index (χ2v) is 7.84. The van der Waals surface area contributed by atoms with Crippen molar-refractivity contribution in [1.29, 1.82) is 0 Å². The quantitative estimate of drug-likeness (QED) is 0.592. The maximum absolute atomic E-state index is 13.8. The van der Waals surface area contributed by atoms with Gasteiger partial charge in [0, 0.05) is 42.3 Å². The molecule has 0 spiro atoms. The van der Waals surface area contributed by atoms with Crippen LogP contribution >= 0.6 is 15.9 Å². The van der Waals surface area contributed by atoms with Gasteiger partial charge in [0.05, 0.1) is 18.5 Å². The monoisotopic (exact) mass is 485 g/mol. The van der Waals surface area contributed by atoms with E-state index in [0.717, 1.165) is 16.0 Å². The average molecular weight is 486 g/mol. The summed E-state index contributed by atoms with van der Waals surface area (Å²) < 4.78 is 19.9. The molecule has 9 heteroatoms. The minimum absolute atomic E-state index is 0.139.